The Hall–Kier alpha value is -0.700. The van der Waals surface area contributed by atoms with Crippen molar-refractivity contribution in [1.82, 2.24) is 15.6 Å². The topological polar surface area (TPSA) is 66.4 Å². The highest BCUT2D eigenvalue weighted by Gasteiger charge is 2.26. The monoisotopic (exact) mass is 478 g/mol. The fraction of sp³-hybridized carbons (Fsp3) is 0.667. The van der Waals surface area contributed by atoms with Crippen molar-refractivity contribution in [2.24, 2.45) is 4.99 Å². The molecule has 0 aromatic carbocycles. The van der Waals surface area contributed by atoms with Crippen LogP contribution >= 0.6 is 24.0 Å². The minimum absolute atomic E-state index is 0. The van der Waals surface area contributed by atoms with Gasteiger partial charge in [0.25, 0.3) is 0 Å². The Morgan fingerprint density at radius 1 is 1.40 bits per heavy atom. The molecule has 25 heavy (non-hydrogen) atoms. The van der Waals surface area contributed by atoms with Crippen molar-refractivity contribution in [3.63, 3.8) is 0 Å². The molecule has 0 radical (unpaired) electrons. The van der Waals surface area contributed by atoms with Crippen molar-refractivity contribution in [2.75, 3.05) is 12.3 Å². The van der Waals surface area contributed by atoms with E-state index < -0.39 is 10.8 Å². The van der Waals surface area contributed by atoms with Gasteiger partial charge >= 0.3 is 0 Å². The number of pyridine rings is 1. The minimum atomic E-state index is -0.700. The molecule has 0 saturated heterocycles. The summed E-state index contributed by atoms with van der Waals surface area (Å²) in [4.78, 5) is 9.09. The van der Waals surface area contributed by atoms with E-state index in [4.69, 9.17) is 0 Å². The van der Waals surface area contributed by atoms with Crippen LogP contribution in [0.2, 0.25) is 0 Å². The fourth-order valence-electron chi connectivity index (χ4n) is 3.10. The Bertz CT molecular complexity index is 582. The van der Waals surface area contributed by atoms with Crippen molar-refractivity contribution >= 4 is 40.7 Å². The number of hydrogen-bond acceptors (Lipinski definition) is 3. The van der Waals surface area contributed by atoms with E-state index in [9.17, 15) is 4.21 Å². The van der Waals surface area contributed by atoms with Crippen LogP contribution in [0.5, 0.6) is 0 Å². The Balaban J connectivity index is 0.00000312. The minimum Gasteiger partial charge on any atom is -0.357 e. The molecule has 3 atom stereocenters. The van der Waals surface area contributed by atoms with E-state index in [0.717, 1.165) is 55.2 Å². The predicted octanol–water partition coefficient (Wildman–Crippen LogP) is 3.14. The first kappa shape index (κ1) is 22.3. The van der Waals surface area contributed by atoms with Crippen LogP contribution in [0.4, 0.5) is 0 Å². The van der Waals surface area contributed by atoms with Gasteiger partial charge in [-0.05, 0) is 44.7 Å². The highest BCUT2D eigenvalue weighted by molar-refractivity contribution is 14.0. The van der Waals surface area contributed by atoms with Crippen LogP contribution < -0.4 is 10.6 Å². The molecule has 2 N–H and O–H groups in total. The van der Waals surface area contributed by atoms with Gasteiger partial charge in [0.2, 0.25) is 0 Å². The van der Waals surface area contributed by atoms with Gasteiger partial charge in [-0.15, -0.1) is 24.0 Å². The lowest BCUT2D eigenvalue weighted by Crippen LogP contribution is -2.46. The van der Waals surface area contributed by atoms with Gasteiger partial charge in [0.15, 0.2) is 5.96 Å². The number of aliphatic imine (C=N–C) groups is 1. The molecule has 5 nitrogen and oxygen atoms in total. The molecule has 0 aliphatic heterocycles. The van der Waals surface area contributed by atoms with Crippen LogP contribution in [-0.4, -0.2) is 38.7 Å². The maximum absolute atomic E-state index is 12.1. The first-order valence-corrected chi connectivity index (χ1v) is 10.3. The third-order valence-corrected chi connectivity index (χ3v) is 6.21. The smallest absolute Gasteiger partial charge is 0.191 e. The number of halogens is 1. The summed E-state index contributed by atoms with van der Waals surface area (Å²) < 4.78 is 12.1. The van der Waals surface area contributed by atoms with Gasteiger partial charge in [0, 0.05) is 40.6 Å². The molecule has 1 aliphatic rings. The molecule has 7 heteroatoms. The summed E-state index contributed by atoms with van der Waals surface area (Å²) >= 11 is 0. The number of aryl methyl sites for hydroxylation is 1. The van der Waals surface area contributed by atoms with Gasteiger partial charge in [-0.1, -0.05) is 19.4 Å². The van der Waals surface area contributed by atoms with E-state index in [2.05, 4.69) is 40.5 Å². The normalized spacial score (nSPS) is 22.0. The third kappa shape index (κ3) is 7.21. The van der Waals surface area contributed by atoms with Crippen molar-refractivity contribution < 1.29 is 4.21 Å². The molecular formula is C18H31IN4OS. The standard InChI is InChI=1S/C18H30N4OS.HI/c1-4-19-18(21-13-17-14(3)8-7-11-20-17)22-15-9-6-10-16(12-15)24(23)5-2;/h7-8,11,15-16H,4-6,9-10,12-13H2,1-3H3,(H2,19,21,22);1H. The lowest BCUT2D eigenvalue weighted by Gasteiger charge is -2.30. The van der Waals surface area contributed by atoms with Crippen molar-refractivity contribution in [3.8, 4) is 0 Å². The molecule has 142 valence electrons. The molecule has 1 aromatic heterocycles. The lowest BCUT2D eigenvalue weighted by atomic mass is 9.95. The summed E-state index contributed by atoms with van der Waals surface area (Å²) in [5.74, 6) is 1.58. The Morgan fingerprint density at radius 2 is 2.20 bits per heavy atom. The Labute approximate surface area is 171 Å². The largest absolute Gasteiger partial charge is 0.357 e. The van der Waals surface area contributed by atoms with Crippen molar-refractivity contribution in [1.29, 1.82) is 0 Å². The Kier molecular flexibility index (Phi) is 10.6. The number of hydrogen-bond donors (Lipinski definition) is 2. The molecule has 1 aromatic rings. The molecule has 0 bridgehead atoms. The van der Waals surface area contributed by atoms with Crippen molar-refractivity contribution in [2.45, 2.75) is 64.3 Å². The molecule has 1 aliphatic carbocycles. The van der Waals surface area contributed by atoms with E-state index in [-0.39, 0.29) is 24.0 Å². The molecule has 1 heterocycles. The highest BCUT2D eigenvalue weighted by atomic mass is 127. The summed E-state index contributed by atoms with van der Waals surface area (Å²) in [6.07, 6.45) is 6.11. The number of nitrogens with zero attached hydrogens (tertiary/aromatic N) is 2. The second-order valence-electron chi connectivity index (χ2n) is 6.26. The zero-order valence-electron chi connectivity index (χ0n) is 15.5. The van der Waals surface area contributed by atoms with Gasteiger partial charge in [-0.25, -0.2) is 4.99 Å². The molecule has 3 unspecified atom stereocenters. The van der Waals surface area contributed by atoms with E-state index >= 15 is 0 Å². The first-order chi connectivity index (χ1) is 11.6. The van der Waals surface area contributed by atoms with Crippen LogP contribution in [0.15, 0.2) is 23.3 Å². The Morgan fingerprint density at radius 3 is 2.88 bits per heavy atom. The molecule has 0 spiro atoms. The molecular weight excluding hydrogens is 447 g/mol. The summed E-state index contributed by atoms with van der Waals surface area (Å²) in [5, 5.41) is 7.17. The van der Waals surface area contributed by atoms with Gasteiger partial charge < -0.3 is 10.6 Å². The predicted molar refractivity (Wildman–Crippen MR) is 117 cm³/mol. The number of nitrogens with one attached hydrogen (secondary N) is 2. The summed E-state index contributed by atoms with van der Waals surface area (Å²) in [6.45, 7) is 7.53. The average molecular weight is 478 g/mol. The molecule has 1 saturated carbocycles. The van der Waals surface area contributed by atoms with E-state index in [1.807, 2.05) is 19.2 Å². The number of rotatable bonds is 6. The average Bonchev–Trinajstić information content (AvgIpc) is 2.60. The van der Waals surface area contributed by atoms with Crippen molar-refractivity contribution in [3.05, 3.63) is 29.6 Å². The summed E-state index contributed by atoms with van der Waals surface area (Å²) in [5.41, 5.74) is 2.16. The van der Waals surface area contributed by atoms with Crippen LogP contribution in [0.25, 0.3) is 0 Å². The summed E-state index contributed by atoms with van der Waals surface area (Å²) in [6, 6.07) is 4.35. The maximum atomic E-state index is 12.1. The fourth-order valence-corrected chi connectivity index (χ4v) is 4.45. The van der Waals surface area contributed by atoms with Crippen LogP contribution in [0, 0.1) is 6.92 Å². The maximum Gasteiger partial charge on any atom is 0.191 e. The SMILES string of the molecule is CCNC(=NCc1ncccc1C)NC1CCCC(S(=O)CC)C1.I. The van der Waals surface area contributed by atoms with Crippen LogP contribution in [0.3, 0.4) is 0 Å². The molecule has 2 rings (SSSR count). The second kappa shape index (κ2) is 11.8. The van der Waals surface area contributed by atoms with Gasteiger partial charge in [0.1, 0.15) is 0 Å². The summed E-state index contributed by atoms with van der Waals surface area (Å²) in [7, 11) is -0.700. The zero-order valence-corrected chi connectivity index (χ0v) is 18.6. The molecule has 1 fully saturated rings. The zero-order chi connectivity index (χ0) is 17.4. The van der Waals surface area contributed by atoms with Gasteiger partial charge in [-0.2, -0.15) is 0 Å². The lowest BCUT2D eigenvalue weighted by molar-refractivity contribution is 0.413. The van der Waals surface area contributed by atoms with E-state index in [1.54, 1.807) is 0 Å². The van der Waals surface area contributed by atoms with Gasteiger partial charge in [0.05, 0.1) is 12.2 Å². The number of guanidine groups is 1. The van der Waals surface area contributed by atoms with E-state index in [1.165, 1.54) is 0 Å². The van der Waals surface area contributed by atoms with Crippen LogP contribution in [0.1, 0.15) is 50.8 Å². The second-order valence-corrected chi connectivity index (χ2v) is 8.27. The number of aromatic nitrogens is 1. The quantitative estimate of drug-likeness (QED) is 0.375. The molecule has 0 amide bonds. The first-order valence-electron chi connectivity index (χ1n) is 8.96. The van der Waals surface area contributed by atoms with E-state index in [0.29, 0.717) is 17.8 Å². The highest BCUT2D eigenvalue weighted by Crippen LogP contribution is 2.23. The third-order valence-electron chi connectivity index (χ3n) is 4.47. The van der Waals surface area contributed by atoms with Crippen LogP contribution in [-0.2, 0) is 17.3 Å². The van der Waals surface area contributed by atoms with Gasteiger partial charge in [-0.3, -0.25) is 9.19 Å².